The van der Waals surface area contributed by atoms with Crippen LogP contribution in [0, 0.1) is 0 Å². The zero-order valence-corrected chi connectivity index (χ0v) is 15.1. The van der Waals surface area contributed by atoms with Crippen molar-refractivity contribution in [2.24, 2.45) is 0 Å². The normalized spacial score (nSPS) is 16.4. The highest BCUT2D eigenvalue weighted by atomic mass is 16.2. The van der Waals surface area contributed by atoms with Crippen molar-refractivity contribution >= 4 is 34.1 Å². The lowest BCUT2D eigenvalue weighted by atomic mass is 10.1. The van der Waals surface area contributed by atoms with E-state index in [4.69, 9.17) is 0 Å². The first-order valence-corrected chi connectivity index (χ1v) is 9.13. The van der Waals surface area contributed by atoms with Crippen molar-refractivity contribution in [3.63, 3.8) is 0 Å². The molecule has 0 spiro atoms. The second-order valence-corrected chi connectivity index (χ2v) is 6.88. The molecule has 1 aromatic heterocycles. The first kappa shape index (κ1) is 17.3. The summed E-state index contributed by atoms with van der Waals surface area (Å²) in [7, 11) is 0. The van der Waals surface area contributed by atoms with Crippen molar-refractivity contribution in [1.82, 2.24) is 10.3 Å². The molecule has 4 rings (SSSR count). The van der Waals surface area contributed by atoms with Crippen LogP contribution < -0.4 is 16.0 Å². The van der Waals surface area contributed by atoms with Gasteiger partial charge >= 0.3 is 0 Å². The third kappa shape index (κ3) is 3.85. The van der Waals surface area contributed by atoms with E-state index in [1.807, 2.05) is 42.5 Å². The van der Waals surface area contributed by atoms with E-state index in [2.05, 4.69) is 27.0 Å². The Hall–Kier alpha value is -3.12. The van der Waals surface area contributed by atoms with Gasteiger partial charge in [-0.15, -0.1) is 0 Å². The smallest absolute Gasteiger partial charge is 0.241 e. The van der Waals surface area contributed by atoms with Crippen LogP contribution in [-0.4, -0.2) is 29.4 Å². The average molecular weight is 362 g/mol. The molecule has 138 valence electrons. The van der Waals surface area contributed by atoms with Crippen molar-refractivity contribution in [3.8, 4) is 11.3 Å². The first-order valence-electron chi connectivity index (χ1n) is 9.13. The van der Waals surface area contributed by atoms with Gasteiger partial charge in [0.2, 0.25) is 11.8 Å². The van der Waals surface area contributed by atoms with E-state index in [1.54, 1.807) is 0 Å². The summed E-state index contributed by atoms with van der Waals surface area (Å²) in [6, 6.07) is 15.5. The number of nitrogens with one attached hydrogen (secondary N) is 4. The maximum atomic E-state index is 12.2. The number of benzene rings is 2. The Morgan fingerprint density at radius 3 is 2.48 bits per heavy atom. The molecule has 1 saturated heterocycles. The number of hydrogen-bond donors (Lipinski definition) is 4. The van der Waals surface area contributed by atoms with Crippen LogP contribution in [-0.2, 0) is 9.59 Å². The monoisotopic (exact) mass is 362 g/mol. The van der Waals surface area contributed by atoms with Crippen LogP contribution in [0.2, 0.25) is 0 Å². The van der Waals surface area contributed by atoms with Crippen LogP contribution >= 0.6 is 0 Å². The highest BCUT2D eigenvalue weighted by Crippen LogP contribution is 2.27. The van der Waals surface area contributed by atoms with Gasteiger partial charge in [-0.1, -0.05) is 12.1 Å². The standard InChI is InChI=1S/C21H22N4O2/c1-13(26)23-17-8-9-18-15(11-17)12-20(25-18)14-4-6-16(7-5-14)24-21(27)19-3-2-10-22-19/h4-9,11-12,19,22,25H,2-3,10H2,1H3,(H,23,26)(H,24,27)/t19-/m0/s1. The molecule has 2 amide bonds. The molecule has 0 radical (unpaired) electrons. The Labute approximate surface area is 157 Å². The largest absolute Gasteiger partial charge is 0.355 e. The fraction of sp³-hybridized carbons (Fsp3) is 0.238. The summed E-state index contributed by atoms with van der Waals surface area (Å²) in [4.78, 5) is 26.8. The van der Waals surface area contributed by atoms with Gasteiger partial charge in [0.15, 0.2) is 0 Å². The Morgan fingerprint density at radius 1 is 1.00 bits per heavy atom. The molecule has 27 heavy (non-hydrogen) atoms. The van der Waals surface area contributed by atoms with Crippen molar-refractivity contribution in [1.29, 1.82) is 0 Å². The number of H-pyrrole nitrogens is 1. The van der Waals surface area contributed by atoms with Gasteiger partial charge in [0.1, 0.15) is 0 Å². The number of carbonyl (C=O) groups is 2. The van der Waals surface area contributed by atoms with E-state index < -0.39 is 0 Å². The fourth-order valence-corrected chi connectivity index (χ4v) is 3.44. The summed E-state index contributed by atoms with van der Waals surface area (Å²) >= 11 is 0. The molecule has 0 aliphatic carbocycles. The summed E-state index contributed by atoms with van der Waals surface area (Å²) in [6.45, 7) is 2.40. The van der Waals surface area contributed by atoms with Crippen molar-refractivity contribution in [3.05, 3.63) is 48.5 Å². The molecule has 1 fully saturated rings. The number of aromatic amines is 1. The number of anilines is 2. The molecule has 2 heterocycles. The van der Waals surface area contributed by atoms with E-state index in [0.29, 0.717) is 0 Å². The highest BCUT2D eigenvalue weighted by molar-refractivity contribution is 5.96. The van der Waals surface area contributed by atoms with E-state index >= 15 is 0 Å². The molecule has 6 nitrogen and oxygen atoms in total. The highest BCUT2D eigenvalue weighted by Gasteiger charge is 2.21. The quantitative estimate of drug-likeness (QED) is 0.573. The van der Waals surface area contributed by atoms with Crippen LogP contribution in [0.5, 0.6) is 0 Å². The number of carbonyl (C=O) groups excluding carboxylic acids is 2. The van der Waals surface area contributed by atoms with Gasteiger partial charge in [-0.2, -0.15) is 0 Å². The van der Waals surface area contributed by atoms with Crippen LogP contribution in [0.1, 0.15) is 19.8 Å². The molecule has 6 heteroatoms. The van der Waals surface area contributed by atoms with Crippen LogP contribution in [0.3, 0.4) is 0 Å². The molecule has 1 aliphatic heterocycles. The van der Waals surface area contributed by atoms with Crippen LogP contribution in [0.15, 0.2) is 48.5 Å². The fourth-order valence-electron chi connectivity index (χ4n) is 3.44. The molecule has 0 unspecified atom stereocenters. The predicted molar refractivity (Wildman–Crippen MR) is 108 cm³/mol. The summed E-state index contributed by atoms with van der Waals surface area (Å²) in [5, 5.41) is 9.99. The lowest BCUT2D eigenvalue weighted by Gasteiger charge is -2.11. The zero-order valence-electron chi connectivity index (χ0n) is 15.1. The Bertz CT molecular complexity index is 985. The van der Waals surface area contributed by atoms with Crippen LogP contribution in [0.4, 0.5) is 11.4 Å². The number of fused-ring (bicyclic) bond motifs is 1. The van der Waals surface area contributed by atoms with Gasteiger partial charge in [-0.3, -0.25) is 9.59 Å². The molecule has 0 bridgehead atoms. The number of rotatable bonds is 4. The third-order valence-electron chi connectivity index (χ3n) is 4.78. The zero-order chi connectivity index (χ0) is 18.8. The van der Waals surface area contributed by atoms with Gasteiger partial charge in [0.25, 0.3) is 0 Å². The Balaban J connectivity index is 1.51. The van der Waals surface area contributed by atoms with E-state index in [1.165, 1.54) is 6.92 Å². The molecule has 0 saturated carbocycles. The number of aromatic nitrogens is 1. The first-order chi connectivity index (χ1) is 13.1. The average Bonchev–Trinajstić information content (AvgIpc) is 3.31. The summed E-state index contributed by atoms with van der Waals surface area (Å²) in [5.74, 6) is -0.0630. The van der Waals surface area contributed by atoms with Crippen LogP contribution in [0.25, 0.3) is 22.2 Å². The molecule has 4 N–H and O–H groups in total. The van der Waals surface area contributed by atoms with Gasteiger partial charge in [-0.25, -0.2) is 0 Å². The Kier molecular flexibility index (Phi) is 4.64. The van der Waals surface area contributed by atoms with Gasteiger partial charge in [-0.05, 0) is 61.3 Å². The Morgan fingerprint density at radius 2 is 1.78 bits per heavy atom. The van der Waals surface area contributed by atoms with E-state index in [9.17, 15) is 9.59 Å². The molecular formula is C21H22N4O2. The van der Waals surface area contributed by atoms with Crippen molar-refractivity contribution in [2.45, 2.75) is 25.8 Å². The third-order valence-corrected chi connectivity index (χ3v) is 4.78. The minimum Gasteiger partial charge on any atom is -0.355 e. The van der Waals surface area contributed by atoms with Crippen molar-refractivity contribution in [2.75, 3.05) is 17.2 Å². The lowest BCUT2D eigenvalue weighted by Crippen LogP contribution is -2.35. The maximum absolute atomic E-state index is 12.2. The number of amides is 2. The SMILES string of the molecule is CC(=O)Nc1ccc2[nH]c(-c3ccc(NC(=O)[C@@H]4CCCN4)cc3)cc2c1. The topological polar surface area (TPSA) is 86.0 Å². The second-order valence-electron chi connectivity index (χ2n) is 6.88. The molecule has 1 aliphatic rings. The number of hydrogen-bond acceptors (Lipinski definition) is 3. The van der Waals surface area contributed by atoms with Gasteiger partial charge < -0.3 is 20.9 Å². The molecule has 3 aromatic rings. The second kappa shape index (κ2) is 7.25. The lowest BCUT2D eigenvalue weighted by molar-refractivity contribution is -0.117. The van der Waals surface area contributed by atoms with E-state index in [0.717, 1.165) is 52.9 Å². The minimum absolute atomic E-state index is 0.0244. The van der Waals surface area contributed by atoms with Gasteiger partial charge in [0, 0.05) is 34.9 Å². The molecular weight excluding hydrogens is 340 g/mol. The summed E-state index contributed by atoms with van der Waals surface area (Å²) < 4.78 is 0. The maximum Gasteiger partial charge on any atom is 0.241 e. The van der Waals surface area contributed by atoms with Crippen molar-refractivity contribution < 1.29 is 9.59 Å². The predicted octanol–water partition coefficient (Wildman–Crippen LogP) is 3.48. The summed E-state index contributed by atoms with van der Waals surface area (Å²) in [6.07, 6.45) is 1.93. The van der Waals surface area contributed by atoms with Gasteiger partial charge in [0.05, 0.1) is 6.04 Å². The molecule has 1 atom stereocenters. The summed E-state index contributed by atoms with van der Waals surface area (Å²) in [5.41, 5.74) is 4.59. The van der Waals surface area contributed by atoms with E-state index in [-0.39, 0.29) is 17.9 Å². The minimum atomic E-state index is -0.0875. The molecule has 2 aromatic carbocycles.